The normalized spacial score (nSPS) is 10.2. The molecule has 6 nitrogen and oxygen atoms in total. The van der Waals surface area contributed by atoms with E-state index in [-0.39, 0.29) is 12.1 Å². The van der Waals surface area contributed by atoms with Gasteiger partial charge in [0.25, 0.3) is 5.69 Å². The van der Waals surface area contributed by atoms with E-state index in [0.717, 1.165) is 37.1 Å². The summed E-state index contributed by atoms with van der Waals surface area (Å²) < 4.78 is 0. The molecule has 1 aromatic rings. The third-order valence-corrected chi connectivity index (χ3v) is 2.92. The molecule has 0 saturated carbocycles. The minimum atomic E-state index is -0.754. The van der Waals surface area contributed by atoms with E-state index < -0.39 is 10.9 Å². The second-order valence-electron chi connectivity index (χ2n) is 4.80. The van der Waals surface area contributed by atoms with Crippen molar-refractivity contribution in [2.45, 2.75) is 39.0 Å². The molecule has 0 aliphatic carbocycles. The SMILES string of the molecule is Cc1cc(NCCCCCCC(=O)O)cc([N+](=O)[O-])c1. The molecule has 110 valence electrons. The lowest BCUT2D eigenvalue weighted by Gasteiger charge is -2.07. The summed E-state index contributed by atoms with van der Waals surface area (Å²) in [5.74, 6) is -0.754. The Morgan fingerprint density at radius 1 is 1.25 bits per heavy atom. The summed E-state index contributed by atoms with van der Waals surface area (Å²) in [4.78, 5) is 20.7. The number of non-ortho nitro benzene ring substituents is 1. The van der Waals surface area contributed by atoms with Gasteiger partial charge in [0.15, 0.2) is 0 Å². The zero-order chi connectivity index (χ0) is 15.0. The maximum atomic E-state index is 10.7. The van der Waals surface area contributed by atoms with E-state index in [1.165, 1.54) is 12.1 Å². The average molecular weight is 280 g/mol. The molecule has 6 heteroatoms. The molecule has 20 heavy (non-hydrogen) atoms. The van der Waals surface area contributed by atoms with Crippen LogP contribution >= 0.6 is 0 Å². The third kappa shape index (κ3) is 6.17. The molecule has 0 spiro atoms. The first-order chi connectivity index (χ1) is 9.49. The molecule has 0 saturated heterocycles. The number of nitro groups is 1. The number of carbonyl (C=O) groups is 1. The first-order valence-corrected chi connectivity index (χ1v) is 6.71. The Morgan fingerprint density at radius 3 is 2.60 bits per heavy atom. The second-order valence-corrected chi connectivity index (χ2v) is 4.80. The molecule has 0 aromatic heterocycles. The van der Waals surface area contributed by atoms with Crippen LogP contribution in [0.25, 0.3) is 0 Å². The average Bonchev–Trinajstić information content (AvgIpc) is 2.36. The number of carboxylic acids is 1. The molecule has 1 rings (SSSR count). The summed E-state index contributed by atoms with van der Waals surface area (Å²) in [7, 11) is 0. The first kappa shape index (κ1) is 15.9. The molecular formula is C14H20N2O4. The summed E-state index contributed by atoms with van der Waals surface area (Å²) in [5.41, 5.74) is 1.69. The lowest BCUT2D eigenvalue weighted by Crippen LogP contribution is -2.02. The number of carboxylic acid groups (broad SMARTS) is 1. The highest BCUT2D eigenvalue weighted by Crippen LogP contribution is 2.20. The van der Waals surface area contributed by atoms with Crippen LogP contribution in [-0.4, -0.2) is 22.5 Å². The second kappa shape index (κ2) is 8.14. The van der Waals surface area contributed by atoms with Crippen LogP contribution in [0.3, 0.4) is 0 Å². The number of nitrogens with zero attached hydrogens (tertiary/aromatic N) is 1. The lowest BCUT2D eigenvalue weighted by atomic mass is 10.1. The van der Waals surface area contributed by atoms with Crippen molar-refractivity contribution in [2.75, 3.05) is 11.9 Å². The predicted octanol–water partition coefficient (Wildman–Crippen LogP) is 3.35. The van der Waals surface area contributed by atoms with Crippen molar-refractivity contribution < 1.29 is 14.8 Å². The van der Waals surface area contributed by atoms with Gasteiger partial charge >= 0.3 is 5.97 Å². The van der Waals surface area contributed by atoms with Crippen molar-refractivity contribution in [1.82, 2.24) is 0 Å². The zero-order valence-corrected chi connectivity index (χ0v) is 11.6. The quantitative estimate of drug-likeness (QED) is 0.411. The molecule has 0 heterocycles. The Morgan fingerprint density at radius 2 is 1.95 bits per heavy atom. The number of hydrogen-bond acceptors (Lipinski definition) is 4. The van der Waals surface area contributed by atoms with Crippen LogP contribution in [0.1, 0.15) is 37.7 Å². The van der Waals surface area contributed by atoms with Crippen molar-refractivity contribution >= 4 is 17.3 Å². The topological polar surface area (TPSA) is 92.5 Å². The number of hydrogen-bond donors (Lipinski definition) is 2. The van der Waals surface area contributed by atoms with E-state index in [4.69, 9.17) is 5.11 Å². The van der Waals surface area contributed by atoms with Gasteiger partial charge in [-0.3, -0.25) is 14.9 Å². The number of nitrogens with one attached hydrogen (secondary N) is 1. The Kier molecular flexibility index (Phi) is 6.49. The van der Waals surface area contributed by atoms with Gasteiger partial charge in [0.1, 0.15) is 0 Å². The van der Waals surface area contributed by atoms with Gasteiger partial charge in [0.05, 0.1) is 4.92 Å². The fraction of sp³-hybridized carbons (Fsp3) is 0.500. The van der Waals surface area contributed by atoms with Gasteiger partial charge < -0.3 is 10.4 Å². The number of benzene rings is 1. The first-order valence-electron chi connectivity index (χ1n) is 6.71. The largest absolute Gasteiger partial charge is 0.481 e. The summed E-state index contributed by atoms with van der Waals surface area (Å²) >= 11 is 0. The van der Waals surface area contributed by atoms with Crippen molar-refractivity contribution in [3.63, 3.8) is 0 Å². The van der Waals surface area contributed by atoms with Gasteiger partial charge in [-0.25, -0.2) is 0 Å². The molecule has 0 aliphatic rings. The van der Waals surface area contributed by atoms with Gasteiger partial charge in [-0.1, -0.05) is 12.8 Å². The van der Waals surface area contributed by atoms with E-state index in [1.807, 2.05) is 13.0 Å². The smallest absolute Gasteiger partial charge is 0.303 e. The van der Waals surface area contributed by atoms with E-state index in [1.54, 1.807) is 0 Å². The molecule has 0 unspecified atom stereocenters. The lowest BCUT2D eigenvalue weighted by molar-refractivity contribution is -0.384. The van der Waals surface area contributed by atoms with Crippen molar-refractivity contribution in [3.05, 3.63) is 33.9 Å². The Balaban J connectivity index is 2.28. The van der Waals surface area contributed by atoms with Crippen LogP contribution in [0.5, 0.6) is 0 Å². The number of aliphatic carboxylic acids is 1. The fourth-order valence-electron chi connectivity index (χ4n) is 1.96. The fourth-order valence-corrected chi connectivity index (χ4v) is 1.96. The van der Waals surface area contributed by atoms with Crippen LogP contribution in [0, 0.1) is 17.0 Å². The summed E-state index contributed by atoms with van der Waals surface area (Å²) in [5, 5.41) is 22.4. The molecule has 1 aromatic carbocycles. The highest BCUT2D eigenvalue weighted by molar-refractivity contribution is 5.66. The van der Waals surface area contributed by atoms with Gasteiger partial charge in [0, 0.05) is 30.8 Å². The summed E-state index contributed by atoms with van der Waals surface area (Å²) in [6.07, 6.45) is 3.68. The Bertz CT molecular complexity index is 474. The van der Waals surface area contributed by atoms with Crippen molar-refractivity contribution in [3.8, 4) is 0 Å². The molecule has 0 radical (unpaired) electrons. The number of anilines is 1. The van der Waals surface area contributed by atoms with E-state index >= 15 is 0 Å². The standard InChI is InChI=1S/C14H20N2O4/c1-11-8-12(10-13(9-11)16(19)20)15-7-5-3-2-4-6-14(17)18/h8-10,15H,2-7H2,1H3,(H,17,18). The Labute approximate surface area is 118 Å². The van der Waals surface area contributed by atoms with Crippen LogP contribution in [-0.2, 0) is 4.79 Å². The number of rotatable bonds is 9. The zero-order valence-electron chi connectivity index (χ0n) is 11.6. The molecule has 0 amide bonds. The molecule has 0 bridgehead atoms. The van der Waals surface area contributed by atoms with E-state index in [0.29, 0.717) is 6.42 Å². The number of aryl methyl sites for hydroxylation is 1. The highest BCUT2D eigenvalue weighted by Gasteiger charge is 2.07. The van der Waals surface area contributed by atoms with Gasteiger partial charge in [-0.2, -0.15) is 0 Å². The Hall–Kier alpha value is -2.11. The van der Waals surface area contributed by atoms with Gasteiger partial charge in [-0.15, -0.1) is 0 Å². The summed E-state index contributed by atoms with van der Waals surface area (Å²) in [6, 6.07) is 4.94. The molecule has 2 N–H and O–H groups in total. The van der Waals surface area contributed by atoms with Crippen LogP contribution < -0.4 is 5.32 Å². The number of nitro benzene ring substituents is 1. The third-order valence-electron chi connectivity index (χ3n) is 2.92. The van der Waals surface area contributed by atoms with Crippen LogP contribution in [0.15, 0.2) is 18.2 Å². The van der Waals surface area contributed by atoms with Crippen LogP contribution in [0.4, 0.5) is 11.4 Å². The molecule has 0 atom stereocenters. The minimum absolute atomic E-state index is 0.0916. The minimum Gasteiger partial charge on any atom is -0.481 e. The molecule has 0 fully saturated rings. The maximum Gasteiger partial charge on any atom is 0.303 e. The molecular weight excluding hydrogens is 260 g/mol. The predicted molar refractivity (Wildman–Crippen MR) is 77.0 cm³/mol. The van der Waals surface area contributed by atoms with Crippen molar-refractivity contribution in [1.29, 1.82) is 0 Å². The monoisotopic (exact) mass is 280 g/mol. The van der Waals surface area contributed by atoms with Gasteiger partial charge in [-0.05, 0) is 31.4 Å². The maximum absolute atomic E-state index is 10.7. The molecule has 0 aliphatic heterocycles. The summed E-state index contributed by atoms with van der Waals surface area (Å²) in [6.45, 7) is 2.55. The van der Waals surface area contributed by atoms with E-state index in [9.17, 15) is 14.9 Å². The van der Waals surface area contributed by atoms with E-state index in [2.05, 4.69) is 5.32 Å². The highest BCUT2D eigenvalue weighted by atomic mass is 16.6. The van der Waals surface area contributed by atoms with Crippen LogP contribution in [0.2, 0.25) is 0 Å². The van der Waals surface area contributed by atoms with Gasteiger partial charge in [0.2, 0.25) is 0 Å². The van der Waals surface area contributed by atoms with Crippen molar-refractivity contribution in [2.24, 2.45) is 0 Å². The number of unbranched alkanes of at least 4 members (excludes halogenated alkanes) is 3.